The van der Waals surface area contributed by atoms with E-state index in [-0.39, 0.29) is 53.9 Å². The number of hydrogen-bond donors (Lipinski definition) is 3. The lowest BCUT2D eigenvalue weighted by molar-refractivity contribution is -0.173. The molecule has 2 aliphatic heterocycles. The molecule has 9 nitrogen and oxygen atoms in total. The summed E-state index contributed by atoms with van der Waals surface area (Å²) in [4.78, 5) is 44.6. The quantitative estimate of drug-likeness (QED) is 0.321. The lowest BCUT2D eigenvalue weighted by Gasteiger charge is -2.32. The van der Waals surface area contributed by atoms with Crippen LogP contribution in [0.3, 0.4) is 0 Å². The molecule has 2 fully saturated rings. The van der Waals surface area contributed by atoms with E-state index in [1.54, 1.807) is 17.6 Å². The maximum atomic E-state index is 15.1. The average molecular weight is 560 g/mol. The summed E-state index contributed by atoms with van der Waals surface area (Å²) < 4.78 is 22.0. The Hall–Kier alpha value is -3.63. The van der Waals surface area contributed by atoms with E-state index in [0.717, 1.165) is 47.8 Å². The van der Waals surface area contributed by atoms with Crippen LogP contribution in [0.5, 0.6) is 0 Å². The van der Waals surface area contributed by atoms with Crippen molar-refractivity contribution >= 4 is 22.8 Å². The molecule has 10 heteroatoms. The summed E-state index contributed by atoms with van der Waals surface area (Å²) in [7, 11) is 0. The molecule has 2 aromatic heterocycles. The average Bonchev–Trinajstić information content (AvgIpc) is 3.89. The highest BCUT2D eigenvalue weighted by atomic mass is 19.1. The Morgan fingerprint density at radius 1 is 1.20 bits per heavy atom. The normalized spacial score (nSPS) is 24.9. The van der Waals surface area contributed by atoms with Crippen LogP contribution in [0.25, 0.3) is 22.3 Å². The number of hydrogen-bond acceptors (Lipinski definition) is 7. The fraction of sp³-hybridized carbons (Fsp3) is 0.484. The van der Waals surface area contributed by atoms with Crippen molar-refractivity contribution in [1.82, 2.24) is 14.9 Å². The predicted octanol–water partition coefficient (Wildman–Crippen LogP) is 2.79. The molecule has 2 saturated carbocycles. The zero-order valence-corrected chi connectivity index (χ0v) is 22.6. The number of fused-ring (bicyclic) bond motifs is 5. The molecule has 1 aromatic carbocycles. The second-order valence-corrected chi connectivity index (χ2v) is 12.5. The van der Waals surface area contributed by atoms with Crippen LogP contribution in [0, 0.1) is 24.6 Å². The molecule has 3 atom stereocenters. The Morgan fingerprint density at radius 2 is 1.98 bits per heavy atom. The number of carbonyl (C=O) groups excluding carboxylic acids is 2. The van der Waals surface area contributed by atoms with Gasteiger partial charge < -0.3 is 24.8 Å². The van der Waals surface area contributed by atoms with Crippen LogP contribution in [0.1, 0.15) is 77.9 Å². The Labute approximate surface area is 234 Å². The van der Waals surface area contributed by atoms with Crippen LogP contribution in [-0.4, -0.2) is 37.7 Å². The molecular formula is C31H30FN3O6. The number of carbonyl (C=O) groups is 2. The van der Waals surface area contributed by atoms with E-state index < -0.39 is 29.6 Å². The van der Waals surface area contributed by atoms with E-state index in [2.05, 4.69) is 5.32 Å². The first kappa shape index (κ1) is 25.1. The summed E-state index contributed by atoms with van der Waals surface area (Å²) >= 11 is 0. The number of aliphatic hydroxyl groups is 2. The van der Waals surface area contributed by atoms with Crippen molar-refractivity contribution in [1.29, 1.82) is 0 Å². The third kappa shape index (κ3) is 3.59. The first-order valence-corrected chi connectivity index (χ1v) is 14.5. The highest BCUT2D eigenvalue weighted by molar-refractivity contribution is 5.94. The van der Waals surface area contributed by atoms with Crippen LogP contribution in [0.2, 0.25) is 0 Å². The van der Waals surface area contributed by atoms with Gasteiger partial charge in [0.2, 0.25) is 5.91 Å². The summed E-state index contributed by atoms with van der Waals surface area (Å²) in [6.45, 7) is 1.70. The largest absolute Gasteiger partial charge is 0.458 e. The van der Waals surface area contributed by atoms with Crippen LogP contribution < -0.4 is 10.9 Å². The first-order chi connectivity index (χ1) is 19.7. The molecule has 4 heterocycles. The number of aliphatic hydroxyl groups excluding tert-OH is 1. The van der Waals surface area contributed by atoms with Gasteiger partial charge in [0.15, 0.2) is 5.60 Å². The molecule has 1 amide bonds. The minimum atomic E-state index is -1.91. The summed E-state index contributed by atoms with van der Waals surface area (Å²) in [6.07, 6.45) is 3.61. The van der Waals surface area contributed by atoms with Crippen molar-refractivity contribution in [3.8, 4) is 11.4 Å². The third-order valence-corrected chi connectivity index (χ3v) is 9.80. The van der Waals surface area contributed by atoms with Crippen molar-refractivity contribution in [2.75, 3.05) is 0 Å². The second kappa shape index (κ2) is 8.45. The molecule has 212 valence electrons. The van der Waals surface area contributed by atoms with E-state index in [0.29, 0.717) is 35.3 Å². The number of amides is 1. The van der Waals surface area contributed by atoms with Crippen LogP contribution in [0.4, 0.5) is 4.39 Å². The number of ether oxygens (including phenoxy) is 1. The Morgan fingerprint density at radius 3 is 2.71 bits per heavy atom. The minimum absolute atomic E-state index is 0.0288. The van der Waals surface area contributed by atoms with Gasteiger partial charge in [-0.1, -0.05) is 12.8 Å². The highest BCUT2D eigenvalue weighted by Gasteiger charge is 2.50. The molecular weight excluding hydrogens is 529 g/mol. The Bertz CT molecular complexity index is 1770. The molecule has 0 bridgehead atoms. The van der Waals surface area contributed by atoms with Gasteiger partial charge in [-0.25, -0.2) is 14.2 Å². The zero-order valence-electron chi connectivity index (χ0n) is 22.6. The van der Waals surface area contributed by atoms with Crippen molar-refractivity contribution < 1.29 is 28.9 Å². The number of cyclic esters (lactones) is 1. The topological polar surface area (TPSA) is 131 Å². The standard InChI is InChI=1S/C31H30FN3O6/c1-13-16-6-7-21(34-28(37)27(36)15-4-5-15)25-17-11-35-23(26(17)33-22(24(16)25)9-20(13)32)8-19-18(29(35)38)12-41-30(39)31(19,40)10-14-2-3-14/h8-9,14-15,21,27,36,40H,2-7,10-12H2,1H3,(H,34,37)/t21-,27-,31+/m1/s1. The van der Waals surface area contributed by atoms with Crippen molar-refractivity contribution in [2.45, 2.75) is 82.8 Å². The summed E-state index contributed by atoms with van der Waals surface area (Å²) in [5, 5.41) is 25.9. The maximum Gasteiger partial charge on any atom is 0.343 e. The number of aromatic nitrogens is 2. The van der Waals surface area contributed by atoms with E-state index in [9.17, 15) is 24.6 Å². The SMILES string of the molecule is Cc1c(F)cc2nc3c(c4c2c1CC[C@H]4NC(=O)[C@H](O)C1CC1)Cn1c-3cc2c(c1=O)COC(=O)[C@]2(O)CC1CC1. The first-order valence-electron chi connectivity index (χ1n) is 14.5. The molecule has 3 N–H and O–H groups in total. The number of nitrogens with zero attached hydrogens (tertiary/aromatic N) is 2. The fourth-order valence-corrected chi connectivity index (χ4v) is 7.18. The zero-order chi connectivity index (χ0) is 28.4. The van der Waals surface area contributed by atoms with Crippen molar-refractivity contribution in [3.05, 3.63) is 61.7 Å². The predicted molar refractivity (Wildman–Crippen MR) is 144 cm³/mol. The van der Waals surface area contributed by atoms with E-state index in [1.165, 1.54) is 6.07 Å². The molecule has 41 heavy (non-hydrogen) atoms. The maximum absolute atomic E-state index is 15.1. The van der Waals surface area contributed by atoms with Crippen LogP contribution in [-0.2, 0) is 39.5 Å². The number of pyridine rings is 2. The third-order valence-electron chi connectivity index (χ3n) is 9.80. The van der Waals surface area contributed by atoms with Gasteiger partial charge in [-0.2, -0.15) is 0 Å². The lowest BCUT2D eigenvalue weighted by atomic mass is 9.81. The molecule has 0 saturated heterocycles. The second-order valence-electron chi connectivity index (χ2n) is 12.5. The van der Waals surface area contributed by atoms with Gasteiger partial charge in [0.05, 0.1) is 35.1 Å². The van der Waals surface area contributed by atoms with Gasteiger partial charge in [-0.05, 0) is 73.6 Å². The number of benzene rings is 1. The smallest absolute Gasteiger partial charge is 0.343 e. The van der Waals surface area contributed by atoms with E-state index in [4.69, 9.17) is 9.72 Å². The molecule has 0 unspecified atom stereocenters. The van der Waals surface area contributed by atoms with E-state index >= 15 is 4.39 Å². The van der Waals surface area contributed by atoms with Gasteiger partial charge in [-0.15, -0.1) is 0 Å². The number of nitrogens with one attached hydrogen (secondary N) is 1. The molecule has 0 spiro atoms. The summed E-state index contributed by atoms with van der Waals surface area (Å²) in [6, 6.07) is 2.61. The minimum Gasteiger partial charge on any atom is -0.458 e. The van der Waals surface area contributed by atoms with Gasteiger partial charge in [-0.3, -0.25) is 9.59 Å². The number of rotatable bonds is 5. The molecule has 8 rings (SSSR count). The van der Waals surface area contributed by atoms with Gasteiger partial charge in [0, 0.05) is 22.6 Å². The molecule has 3 aromatic rings. The molecule has 3 aliphatic carbocycles. The van der Waals surface area contributed by atoms with Crippen LogP contribution >= 0.6 is 0 Å². The molecule has 0 radical (unpaired) electrons. The van der Waals surface area contributed by atoms with Gasteiger partial charge >= 0.3 is 5.97 Å². The Kier molecular flexibility index (Phi) is 5.18. The van der Waals surface area contributed by atoms with Crippen molar-refractivity contribution in [2.24, 2.45) is 11.8 Å². The summed E-state index contributed by atoms with van der Waals surface area (Å²) in [5.74, 6) is -1.39. The monoisotopic (exact) mass is 559 g/mol. The van der Waals surface area contributed by atoms with Crippen LogP contribution in [0.15, 0.2) is 16.9 Å². The number of halogens is 1. The van der Waals surface area contributed by atoms with Crippen molar-refractivity contribution in [3.63, 3.8) is 0 Å². The number of aryl methyl sites for hydroxylation is 1. The number of esters is 1. The molecule has 5 aliphatic rings. The van der Waals surface area contributed by atoms with E-state index in [1.807, 2.05) is 0 Å². The van der Waals surface area contributed by atoms with Gasteiger partial charge in [0.1, 0.15) is 18.5 Å². The Balaban J connectivity index is 1.33. The lowest BCUT2D eigenvalue weighted by Crippen LogP contribution is -2.45. The fourth-order valence-electron chi connectivity index (χ4n) is 7.18. The highest BCUT2D eigenvalue weighted by Crippen LogP contribution is 2.48. The van der Waals surface area contributed by atoms with Gasteiger partial charge in [0.25, 0.3) is 5.56 Å². The summed E-state index contributed by atoms with van der Waals surface area (Å²) in [5.41, 5.74) is 2.47.